The molecule has 1 aromatic heterocycles. The molecule has 0 atom stereocenters. The summed E-state index contributed by atoms with van der Waals surface area (Å²) in [5.41, 5.74) is -29.1. The van der Waals surface area contributed by atoms with Crippen molar-refractivity contribution >= 4 is 38.8 Å². The number of rotatable bonds is 7. The third-order valence-corrected chi connectivity index (χ3v) is 11.9. The average molecular weight is 1160 g/mol. The fourth-order valence-electron chi connectivity index (χ4n) is 8.57. The molecule has 0 amide bonds. The molecule has 6 aromatic carbocycles. The minimum absolute atomic E-state index is 0.158. The van der Waals surface area contributed by atoms with Gasteiger partial charge in [0, 0.05) is 17.0 Å². The van der Waals surface area contributed by atoms with E-state index in [0.717, 1.165) is 12.3 Å². The quantitative estimate of drug-likeness (QED) is 0.0881. The van der Waals surface area contributed by atoms with E-state index in [1.165, 1.54) is 16.3 Å². The number of alkyl halides is 24. The summed E-state index contributed by atoms with van der Waals surface area (Å²) in [6.07, 6.45) is -50.5. The Bertz CT molecular complexity index is 2880. The first-order valence-corrected chi connectivity index (χ1v) is 22.3. The van der Waals surface area contributed by atoms with Crippen LogP contribution in [-0.4, -0.2) is 11.7 Å². The fourth-order valence-corrected chi connectivity index (χ4v) is 8.57. The lowest BCUT2D eigenvalue weighted by Crippen LogP contribution is -2.75. The van der Waals surface area contributed by atoms with Crippen LogP contribution in [0.25, 0.3) is 10.8 Å². The summed E-state index contributed by atoms with van der Waals surface area (Å²) >= 11 is 0. The summed E-state index contributed by atoms with van der Waals surface area (Å²) in [5, 5.41) is 2.53. The second kappa shape index (κ2) is 20.9. The van der Waals surface area contributed by atoms with E-state index in [2.05, 4.69) is 80.2 Å². The summed E-state index contributed by atoms with van der Waals surface area (Å²) in [5.74, 6) is 0.916. The molecule has 0 spiro atoms. The van der Waals surface area contributed by atoms with E-state index in [4.69, 9.17) is 4.74 Å². The molecule has 0 saturated heterocycles. The lowest BCUT2D eigenvalue weighted by molar-refractivity contribution is -0.687. The first-order valence-electron chi connectivity index (χ1n) is 22.3. The molecule has 7 rings (SSSR count). The van der Waals surface area contributed by atoms with E-state index in [0.29, 0.717) is 0 Å². The fraction of sp³-hybridized carbons (Fsp3) is 0.250. The van der Waals surface area contributed by atoms with Gasteiger partial charge in [0.05, 0.1) is 44.5 Å². The molecule has 7 aromatic rings. The van der Waals surface area contributed by atoms with Crippen molar-refractivity contribution in [3.63, 3.8) is 0 Å². The molecule has 0 N–H and O–H groups in total. The minimum atomic E-state index is -6.13. The van der Waals surface area contributed by atoms with E-state index in [-0.39, 0.29) is 5.60 Å². The molecule has 0 aliphatic rings. The van der Waals surface area contributed by atoms with Crippen LogP contribution in [0.1, 0.15) is 70.8 Å². The number of fused-ring (bicyclic) bond motifs is 1. The molecule has 424 valence electrons. The summed E-state index contributed by atoms with van der Waals surface area (Å²) in [6, 6.07) is 10.1. The van der Waals surface area contributed by atoms with Gasteiger partial charge in [0.25, 0.3) is 0 Å². The van der Waals surface area contributed by atoms with Gasteiger partial charge in [-0.2, -0.15) is 127 Å². The van der Waals surface area contributed by atoms with Crippen LogP contribution in [0.15, 0.2) is 140 Å². The molecule has 0 fully saturated rings. The lowest BCUT2D eigenvalue weighted by Gasteiger charge is -2.46. The molecular weight excluding hydrogens is 1120 g/mol. The van der Waals surface area contributed by atoms with Gasteiger partial charge in [-0.1, -0.05) is 66.7 Å². The Kier molecular flexibility index (Phi) is 16.1. The number of hydrogen-bond acceptors (Lipinski definition) is 1. The zero-order chi connectivity index (χ0) is 59.5. The van der Waals surface area contributed by atoms with Crippen molar-refractivity contribution in [2.24, 2.45) is 0 Å². The highest BCUT2D eigenvalue weighted by Crippen LogP contribution is 2.41. The maximum absolute atomic E-state index is 14.2. The molecule has 0 bridgehead atoms. The van der Waals surface area contributed by atoms with Crippen LogP contribution >= 0.6 is 0 Å². The zero-order valence-corrected chi connectivity index (χ0v) is 40.0. The normalized spacial score (nSPS) is 13.6. The molecular formula is C52H34BF24NO. The van der Waals surface area contributed by atoms with Crippen LogP contribution in [0.5, 0.6) is 5.75 Å². The van der Waals surface area contributed by atoms with Crippen molar-refractivity contribution in [3.05, 3.63) is 190 Å². The summed E-state index contributed by atoms with van der Waals surface area (Å²) in [4.78, 5) is 0. The van der Waals surface area contributed by atoms with Gasteiger partial charge < -0.3 is 4.74 Å². The standard InChI is InChI=1S/C32H12BF24.C20H22NO/c34-25(35,36)13-1-14(26(37,38)39)6-21(5-13)33(22-7-15(27(40,41)42)2-16(8-22)28(43,44)45,23-9-17(29(46,47)48)3-18(10-23)30(49,50)51)24-11-19(31(52,53)54)4-20(12-24)32(55,56)57;1-20(2,3)22-19-10-8-16(9-11-19)14-21-13-12-17-6-4-5-7-18(17)15-21/h1-12H;4-13,15H,14H2,1-3H3/q-1;+1. The number of pyridine rings is 1. The molecule has 1 heterocycles. The molecule has 0 unspecified atom stereocenters. The van der Waals surface area contributed by atoms with Crippen LogP contribution in [0.2, 0.25) is 0 Å². The average Bonchev–Trinajstić information content (AvgIpc) is 3.42. The smallest absolute Gasteiger partial charge is 0.416 e. The van der Waals surface area contributed by atoms with Gasteiger partial charge in [0.15, 0.2) is 18.9 Å². The van der Waals surface area contributed by atoms with Crippen LogP contribution in [0.4, 0.5) is 105 Å². The van der Waals surface area contributed by atoms with Crippen LogP contribution in [-0.2, 0) is 56.0 Å². The zero-order valence-electron chi connectivity index (χ0n) is 40.0. The Hall–Kier alpha value is -7.09. The largest absolute Gasteiger partial charge is 0.488 e. The maximum atomic E-state index is 14.2. The Labute approximate surface area is 430 Å². The lowest BCUT2D eigenvalue weighted by atomic mass is 9.12. The van der Waals surface area contributed by atoms with E-state index in [1.54, 1.807) is 0 Å². The number of ether oxygens (including phenoxy) is 1. The highest BCUT2D eigenvalue weighted by atomic mass is 19.4. The molecule has 0 radical (unpaired) electrons. The molecule has 79 heavy (non-hydrogen) atoms. The van der Waals surface area contributed by atoms with Crippen LogP contribution < -0.4 is 31.2 Å². The van der Waals surface area contributed by atoms with E-state index < -0.39 is 195 Å². The minimum Gasteiger partial charge on any atom is -0.488 e. The molecule has 0 aliphatic carbocycles. The Morgan fingerprint density at radius 2 is 0.608 bits per heavy atom. The van der Waals surface area contributed by atoms with Gasteiger partial charge in [0.1, 0.15) is 17.5 Å². The van der Waals surface area contributed by atoms with Crippen molar-refractivity contribution in [3.8, 4) is 5.75 Å². The van der Waals surface area contributed by atoms with Gasteiger partial charge in [-0.05, 0) is 80.8 Å². The third kappa shape index (κ3) is 14.6. The van der Waals surface area contributed by atoms with Gasteiger partial charge in [-0.3, -0.25) is 0 Å². The maximum Gasteiger partial charge on any atom is 0.416 e. The summed E-state index contributed by atoms with van der Waals surface area (Å²) in [7, 11) is 0. The second-order valence-corrected chi connectivity index (χ2v) is 18.8. The molecule has 0 aliphatic heterocycles. The Morgan fingerprint density at radius 1 is 0.342 bits per heavy atom. The predicted octanol–water partition coefficient (Wildman–Crippen LogP) is 15.6. The first kappa shape index (κ1) is 61.1. The van der Waals surface area contributed by atoms with Crippen LogP contribution in [0, 0.1) is 0 Å². The van der Waals surface area contributed by atoms with Crippen molar-refractivity contribution in [2.45, 2.75) is 82.3 Å². The number of halogens is 24. The SMILES string of the molecule is CC(C)(C)Oc1ccc(C[n+]2ccc3ccccc3c2)cc1.FC(F)(F)c1cc([B-](c2cc(C(F)(F)F)cc(C(F)(F)F)c2)(c2cc(C(F)(F)F)cc(C(F)(F)F)c2)c2cc(C(F)(F)F)cc(C(F)(F)F)c2)cc(C(F)(F)F)c1. The van der Waals surface area contributed by atoms with E-state index in [1.807, 2.05) is 12.1 Å². The molecule has 0 saturated carbocycles. The Balaban J connectivity index is 0.000000378. The third-order valence-electron chi connectivity index (χ3n) is 11.9. The van der Waals surface area contributed by atoms with Crippen molar-refractivity contribution < 1.29 is 115 Å². The highest BCUT2D eigenvalue weighted by Gasteiger charge is 2.47. The van der Waals surface area contributed by atoms with Gasteiger partial charge in [0.2, 0.25) is 0 Å². The number of aromatic nitrogens is 1. The number of benzene rings is 6. The Morgan fingerprint density at radius 3 is 0.861 bits per heavy atom. The van der Waals surface area contributed by atoms with Gasteiger partial charge >= 0.3 is 49.4 Å². The number of hydrogen-bond donors (Lipinski definition) is 0. The monoisotopic (exact) mass is 1160 g/mol. The van der Waals surface area contributed by atoms with Crippen molar-refractivity contribution in [1.29, 1.82) is 0 Å². The van der Waals surface area contributed by atoms with Gasteiger partial charge in [-0.25, -0.2) is 4.57 Å². The molecule has 2 nitrogen and oxygen atoms in total. The van der Waals surface area contributed by atoms with Crippen molar-refractivity contribution in [2.75, 3.05) is 0 Å². The summed E-state index contributed by atoms with van der Waals surface area (Å²) in [6.45, 7) is 7.05. The van der Waals surface area contributed by atoms with E-state index >= 15 is 0 Å². The predicted molar refractivity (Wildman–Crippen MR) is 240 cm³/mol. The van der Waals surface area contributed by atoms with E-state index in [9.17, 15) is 105 Å². The second-order valence-electron chi connectivity index (χ2n) is 18.8. The number of nitrogens with zero attached hydrogens (tertiary/aromatic N) is 1. The molecule has 27 heteroatoms. The van der Waals surface area contributed by atoms with Crippen LogP contribution in [0.3, 0.4) is 0 Å². The van der Waals surface area contributed by atoms with Crippen molar-refractivity contribution in [1.82, 2.24) is 0 Å². The first-order chi connectivity index (χ1) is 35.8. The van der Waals surface area contributed by atoms with Gasteiger partial charge in [-0.15, -0.1) is 0 Å². The topological polar surface area (TPSA) is 13.1 Å². The highest BCUT2D eigenvalue weighted by molar-refractivity contribution is 7.20. The summed E-state index contributed by atoms with van der Waals surface area (Å²) < 4.78 is 349.